The molecule has 2 aliphatic rings. The molecule has 0 aliphatic carbocycles. The number of piperidine rings is 1. The van der Waals surface area contributed by atoms with Crippen molar-refractivity contribution in [2.24, 2.45) is 5.92 Å². The van der Waals surface area contributed by atoms with Crippen molar-refractivity contribution in [1.82, 2.24) is 10.2 Å². The van der Waals surface area contributed by atoms with Crippen LogP contribution in [0.1, 0.15) is 39.0 Å². The summed E-state index contributed by atoms with van der Waals surface area (Å²) in [6.07, 6.45) is 5.84. The van der Waals surface area contributed by atoms with Gasteiger partial charge in [-0.15, -0.1) is 0 Å². The first-order valence-electron chi connectivity index (χ1n) is 6.19. The highest BCUT2D eigenvalue weighted by molar-refractivity contribution is 5.75. The Morgan fingerprint density at radius 3 is 2.47 bits per heavy atom. The average molecular weight is 210 g/mol. The van der Waals surface area contributed by atoms with Gasteiger partial charge in [-0.25, -0.2) is 0 Å². The van der Waals surface area contributed by atoms with Gasteiger partial charge in [-0.05, 0) is 31.6 Å². The molecule has 2 aliphatic heterocycles. The second kappa shape index (κ2) is 4.52. The van der Waals surface area contributed by atoms with E-state index in [0.717, 1.165) is 24.5 Å². The van der Waals surface area contributed by atoms with E-state index in [2.05, 4.69) is 5.32 Å². The Morgan fingerprint density at radius 2 is 1.93 bits per heavy atom. The van der Waals surface area contributed by atoms with Gasteiger partial charge in [-0.2, -0.15) is 0 Å². The predicted molar refractivity (Wildman–Crippen MR) is 60.6 cm³/mol. The fourth-order valence-corrected chi connectivity index (χ4v) is 3.08. The van der Waals surface area contributed by atoms with Crippen LogP contribution in [0.25, 0.3) is 0 Å². The third-order valence-electron chi connectivity index (χ3n) is 3.83. The normalized spacial score (nSPS) is 34.1. The molecule has 3 nitrogen and oxygen atoms in total. The quantitative estimate of drug-likeness (QED) is 0.763. The third-order valence-corrected chi connectivity index (χ3v) is 3.83. The summed E-state index contributed by atoms with van der Waals surface area (Å²) in [5, 5.41) is 3.63. The van der Waals surface area contributed by atoms with Gasteiger partial charge in [0.2, 0.25) is 5.91 Å². The summed E-state index contributed by atoms with van der Waals surface area (Å²) in [5.74, 6) is 1.00. The molecule has 15 heavy (non-hydrogen) atoms. The van der Waals surface area contributed by atoms with Crippen LogP contribution >= 0.6 is 0 Å². The molecule has 3 heteroatoms. The summed E-state index contributed by atoms with van der Waals surface area (Å²) in [7, 11) is 1.94. The summed E-state index contributed by atoms with van der Waals surface area (Å²) >= 11 is 0. The SMILES string of the molecule is CCC(=O)N(C)CC1CC2CCC(C1)N2. The van der Waals surface area contributed by atoms with Gasteiger partial charge in [0.1, 0.15) is 0 Å². The number of fused-ring (bicyclic) bond motifs is 2. The first kappa shape index (κ1) is 10.9. The minimum Gasteiger partial charge on any atom is -0.345 e. The van der Waals surface area contributed by atoms with Crippen LogP contribution in [0.4, 0.5) is 0 Å². The Labute approximate surface area is 92.2 Å². The van der Waals surface area contributed by atoms with Crippen LogP contribution in [0.5, 0.6) is 0 Å². The molecular formula is C12H22N2O. The summed E-state index contributed by atoms with van der Waals surface area (Å²) in [6, 6.07) is 1.47. The van der Waals surface area contributed by atoms with Crippen LogP contribution in [-0.2, 0) is 4.79 Å². The zero-order valence-corrected chi connectivity index (χ0v) is 9.83. The van der Waals surface area contributed by atoms with E-state index in [9.17, 15) is 4.79 Å². The van der Waals surface area contributed by atoms with Gasteiger partial charge in [-0.1, -0.05) is 6.92 Å². The number of hydrogen-bond acceptors (Lipinski definition) is 2. The van der Waals surface area contributed by atoms with Crippen molar-refractivity contribution in [2.45, 2.75) is 51.1 Å². The van der Waals surface area contributed by atoms with Crippen LogP contribution in [0.3, 0.4) is 0 Å². The number of carbonyl (C=O) groups excluding carboxylic acids is 1. The molecule has 86 valence electrons. The molecule has 2 bridgehead atoms. The molecule has 1 amide bonds. The van der Waals surface area contributed by atoms with Crippen LogP contribution in [-0.4, -0.2) is 36.5 Å². The molecule has 1 N–H and O–H groups in total. The molecule has 0 aromatic carbocycles. The monoisotopic (exact) mass is 210 g/mol. The van der Waals surface area contributed by atoms with E-state index >= 15 is 0 Å². The Kier molecular flexibility index (Phi) is 3.29. The van der Waals surface area contributed by atoms with Gasteiger partial charge >= 0.3 is 0 Å². The molecule has 2 unspecified atom stereocenters. The van der Waals surface area contributed by atoms with E-state index in [0.29, 0.717) is 6.42 Å². The average Bonchev–Trinajstić information content (AvgIpc) is 2.57. The summed E-state index contributed by atoms with van der Waals surface area (Å²) < 4.78 is 0. The molecule has 0 saturated carbocycles. The van der Waals surface area contributed by atoms with Crippen LogP contribution in [0.2, 0.25) is 0 Å². The molecule has 2 rings (SSSR count). The summed E-state index contributed by atoms with van der Waals surface area (Å²) in [4.78, 5) is 13.4. The van der Waals surface area contributed by atoms with E-state index in [4.69, 9.17) is 0 Å². The Balaban J connectivity index is 1.82. The van der Waals surface area contributed by atoms with Crippen molar-refractivity contribution in [3.63, 3.8) is 0 Å². The largest absolute Gasteiger partial charge is 0.345 e. The van der Waals surface area contributed by atoms with Crippen molar-refractivity contribution in [3.8, 4) is 0 Å². The number of nitrogens with zero attached hydrogens (tertiary/aromatic N) is 1. The molecule has 0 aromatic rings. The maximum absolute atomic E-state index is 11.5. The molecule has 0 radical (unpaired) electrons. The standard InChI is InChI=1S/C12H22N2O/c1-3-12(15)14(2)8-9-6-10-4-5-11(7-9)13-10/h9-11,13H,3-8H2,1-2H3. The van der Waals surface area contributed by atoms with E-state index in [1.54, 1.807) is 0 Å². The number of rotatable bonds is 3. The second-order valence-corrected chi connectivity index (χ2v) is 5.10. The summed E-state index contributed by atoms with van der Waals surface area (Å²) in [6.45, 7) is 2.90. The number of nitrogens with one attached hydrogen (secondary N) is 1. The maximum atomic E-state index is 11.5. The maximum Gasteiger partial charge on any atom is 0.222 e. The fourth-order valence-electron chi connectivity index (χ4n) is 3.08. The Bertz CT molecular complexity index is 230. The minimum atomic E-state index is 0.279. The fraction of sp³-hybridized carbons (Fsp3) is 0.917. The highest BCUT2D eigenvalue weighted by Gasteiger charge is 2.33. The lowest BCUT2D eigenvalue weighted by molar-refractivity contribution is -0.130. The van der Waals surface area contributed by atoms with E-state index < -0.39 is 0 Å². The van der Waals surface area contributed by atoms with Gasteiger partial charge in [-0.3, -0.25) is 4.79 Å². The van der Waals surface area contributed by atoms with Crippen LogP contribution in [0.15, 0.2) is 0 Å². The van der Waals surface area contributed by atoms with Gasteiger partial charge in [0.05, 0.1) is 0 Å². The van der Waals surface area contributed by atoms with Crippen molar-refractivity contribution >= 4 is 5.91 Å². The number of hydrogen-bond donors (Lipinski definition) is 1. The molecule has 0 spiro atoms. The zero-order chi connectivity index (χ0) is 10.8. The minimum absolute atomic E-state index is 0.279. The first-order valence-corrected chi connectivity index (χ1v) is 6.19. The van der Waals surface area contributed by atoms with Crippen LogP contribution in [0, 0.1) is 5.92 Å². The summed E-state index contributed by atoms with van der Waals surface area (Å²) in [5.41, 5.74) is 0. The second-order valence-electron chi connectivity index (χ2n) is 5.10. The molecule has 2 atom stereocenters. The van der Waals surface area contributed by atoms with Gasteiger partial charge in [0.25, 0.3) is 0 Å². The molecule has 0 aromatic heterocycles. The smallest absolute Gasteiger partial charge is 0.222 e. The van der Waals surface area contributed by atoms with Gasteiger partial charge in [0, 0.05) is 32.1 Å². The van der Waals surface area contributed by atoms with E-state index in [-0.39, 0.29) is 5.91 Å². The highest BCUT2D eigenvalue weighted by Crippen LogP contribution is 2.31. The van der Waals surface area contributed by atoms with E-state index in [1.807, 2.05) is 18.9 Å². The van der Waals surface area contributed by atoms with Crippen molar-refractivity contribution in [1.29, 1.82) is 0 Å². The Hall–Kier alpha value is -0.570. The molecule has 2 heterocycles. The predicted octanol–water partition coefficient (Wildman–Crippen LogP) is 1.39. The van der Waals surface area contributed by atoms with Crippen molar-refractivity contribution in [2.75, 3.05) is 13.6 Å². The number of carbonyl (C=O) groups is 1. The first-order chi connectivity index (χ1) is 7.19. The highest BCUT2D eigenvalue weighted by atomic mass is 16.2. The lowest BCUT2D eigenvalue weighted by Gasteiger charge is -2.31. The lowest BCUT2D eigenvalue weighted by atomic mass is 9.92. The van der Waals surface area contributed by atoms with Crippen molar-refractivity contribution < 1.29 is 4.79 Å². The molecular weight excluding hydrogens is 188 g/mol. The number of amides is 1. The van der Waals surface area contributed by atoms with E-state index in [1.165, 1.54) is 25.7 Å². The molecule has 2 saturated heterocycles. The Morgan fingerprint density at radius 1 is 1.33 bits per heavy atom. The van der Waals surface area contributed by atoms with Crippen molar-refractivity contribution in [3.05, 3.63) is 0 Å². The van der Waals surface area contributed by atoms with Gasteiger partial charge < -0.3 is 10.2 Å². The lowest BCUT2D eigenvalue weighted by Crippen LogP contribution is -2.42. The topological polar surface area (TPSA) is 32.3 Å². The van der Waals surface area contributed by atoms with Crippen LogP contribution < -0.4 is 5.32 Å². The molecule has 2 fully saturated rings. The zero-order valence-electron chi connectivity index (χ0n) is 9.83. The van der Waals surface area contributed by atoms with Gasteiger partial charge in [0.15, 0.2) is 0 Å². The third kappa shape index (κ3) is 2.51.